The molecule has 6 nitrogen and oxygen atoms in total. The molecule has 0 spiro atoms. The number of benzene rings is 17. The Morgan fingerprint density at radius 3 is 0.878 bits per heavy atom. The summed E-state index contributed by atoms with van der Waals surface area (Å²) in [4.78, 5) is 9.35. The van der Waals surface area contributed by atoms with E-state index in [1.165, 1.54) is 17.8 Å². The van der Waals surface area contributed by atoms with E-state index in [2.05, 4.69) is 419 Å². The number of anilines is 12. The molecule has 6 heterocycles. The number of rotatable bonds is 10. The van der Waals surface area contributed by atoms with Crippen LogP contribution in [0.2, 0.25) is 0 Å². The van der Waals surface area contributed by atoms with Crippen LogP contribution >= 0.6 is 0 Å². The maximum absolute atomic E-state index is 12.1. The van der Waals surface area contributed by atoms with Crippen LogP contribution in [0.15, 0.2) is 376 Å². The van der Waals surface area contributed by atoms with Crippen molar-refractivity contribution in [3.05, 3.63) is 393 Å². The van der Waals surface area contributed by atoms with Crippen LogP contribution in [0, 0.1) is 0 Å². The molecule has 0 radical (unpaired) electrons. The Balaban J connectivity index is 0.885. The van der Waals surface area contributed by atoms with E-state index >= 15 is 0 Å². The molecule has 0 fully saturated rings. The van der Waals surface area contributed by atoms with Gasteiger partial charge in [-0.15, -0.1) is 0 Å². The van der Waals surface area contributed by atoms with Crippen LogP contribution in [-0.2, 0) is 16.2 Å². The summed E-state index contributed by atoms with van der Waals surface area (Å²) in [6.45, 7) is 19.2. The molecule has 590 valence electrons. The number of hydrogen-bond acceptors (Lipinski definition) is 4. The van der Waals surface area contributed by atoms with Gasteiger partial charge in [0.2, 0.25) is 0 Å². The molecular weight excluding hydrogens is 1620 g/mol. The van der Waals surface area contributed by atoms with Crippen LogP contribution < -0.4 is 53.8 Å². The van der Waals surface area contributed by atoms with Gasteiger partial charge in [-0.1, -0.05) is 184 Å². The second-order valence-corrected chi connectivity index (χ2v) is 40.5. The molecule has 2 aromatic heterocycles. The molecule has 23 rings (SSSR count). The molecule has 0 unspecified atom stereocenters. The molecule has 17 aromatic carbocycles. The van der Waals surface area contributed by atoms with Crippen molar-refractivity contribution in [1.82, 2.24) is 9.13 Å². The molecule has 0 amide bonds. The van der Waals surface area contributed by atoms with Gasteiger partial charge in [-0.3, -0.25) is 0 Å². The first-order valence-electron chi connectivity index (χ1n) is 45.5. The van der Waals surface area contributed by atoms with E-state index < -0.39 is 12.1 Å². The van der Waals surface area contributed by atoms with Gasteiger partial charge >= 0.3 is 414 Å². The van der Waals surface area contributed by atoms with Crippen molar-refractivity contribution in [2.24, 2.45) is 0 Å². The van der Waals surface area contributed by atoms with Crippen LogP contribution in [0.1, 0.15) is 87.2 Å². The first-order chi connectivity index (χ1) is 62.5. The molecule has 0 saturated carbocycles. The first-order valence-corrected chi connectivity index (χ1v) is 45.9. The summed E-state index contributed by atoms with van der Waals surface area (Å²) in [5.74, 6) is 0. The van der Waals surface area contributed by atoms with Gasteiger partial charge < -0.3 is 0 Å². The molecular formula is C114H89BN6Se2. The standard InChI is InChI=1S/C114H89BN6Se2/c1-112(2,3)76-62-85(72-34-14-10-15-35-72)110(86(63-76)73-36-16-11-17-37-73)120-101-70-81(116-93-44-24-22-42-83(93)89-68-79(56-60-95(89)116)118-97-46-26-30-50-105(97)122-106-51-31-27-47-98(106)118)54-58-91(101)115-92-59-55-82(117-94-45-25-23-43-84(94)90-69-80(57-61-96(90)117)119-99-48-28-32-52-107(99)123-108-53-33-29-49-100(108)119)71-102(92)121(104-67-78(114(7,8)9)66-103(120)109(104)115)111-87(74-38-18-12-19-39-74)64-77(113(4,5)6)65-88(111)75-40-20-13-21-41-75/h10-71H,1-9H3/i54D,55D,58D,59D,70D,71D. The molecule has 0 aliphatic carbocycles. The second kappa shape index (κ2) is 28.6. The molecule has 0 bridgehead atoms. The summed E-state index contributed by atoms with van der Waals surface area (Å²) in [6.07, 6.45) is 0. The molecule has 123 heavy (non-hydrogen) atoms. The van der Waals surface area contributed by atoms with E-state index in [9.17, 15) is 8.22 Å². The van der Waals surface area contributed by atoms with Crippen molar-refractivity contribution in [1.29, 1.82) is 0 Å². The molecule has 0 saturated heterocycles. The number of fused-ring (bicyclic) bond motifs is 14. The van der Waals surface area contributed by atoms with Gasteiger partial charge in [0.05, 0.1) is 11.4 Å². The SMILES string of the molecule is [2H]c1c([2H])c(-n2c3ccccc3c3cc(N4c5ccccc5[Se]c5ccccc54)ccc32)c([2H])c2c1B1c3c(cc(C(C)(C)C)cc3N(c3c(-c4ccccc4)cc(C(C)(C)C)cc3-c3ccccc3)c3c([2H])c(-n4c5ccccc5c5cc(N6c7ccccc7[Se]c7ccccc76)ccc54)c([2H])c([2H])c31)N2c1c(-c2ccccc2)cc(C(C)(C)C)cc1-c1ccccc1. The van der Waals surface area contributed by atoms with Crippen molar-refractivity contribution in [3.8, 4) is 55.9 Å². The second-order valence-electron chi connectivity index (χ2n) is 35.9. The Labute approximate surface area is 741 Å². The third-order valence-electron chi connectivity index (χ3n) is 25.3. The van der Waals surface area contributed by atoms with Crippen molar-refractivity contribution in [2.45, 2.75) is 78.6 Å². The Hall–Kier alpha value is -13.4. The average Bonchev–Trinajstić information content (AvgIpc) is 1.39. The molecule has 4 aliphatic heterocycles. The van der Waals surface area contributed by atoms with E-state index in [0.717, 1.165) is 150 Å². The summed E-state index contributed by atoms with van der Waals surface area (Å²) < 4.78 is 79.8. The Morgan fingerprint density at radius 1 is 0.252 bits per heavy atom. The summed E-state index contributed by atoms with van der Waals surface area (Å²) in [5.41, 5.74) is 23.9. The van der Waals surface area contributed by atoms with Crippen molar-refractivity contribution in [2.75, 3.05) is 19.6 Å². The normalized spacial score (nSPS) is 14.1. The summed E-state index contributed by atoms with van der Waals surface area (Å²) in [5, 5.41) is 3.67. The number of hydrogen-bond donors (Lipinski definition) is 0. The van der Waals surface area contributed by atoms with Gasteiger partial charge in [-0.05, 0) is 97.1 Å². The summed E-state index contributed by atoms with van der Waals surface area (Å²) in [7, 11) is 0. The van der Waals surface area contributed by atoms with Crippen LogP contribution in [-0.4, -0.2) is 45.8 Å². The quantitative estimate of drug-likeness (QED) is 0.127. The van der Waals surface area contributed by atoms with Gasteiger partial charge in [0, 0.05) is 33.6 Å². The minimum atomic E-state index is -1.18. The third-order valence-corrected chi connectivity index (χ3v) is 30.0. The summed E-state index contributed by atoms with van der Waals surface area (Å²) >= 11 is 0.149. The predicted molar refractivity (Wildman–Crippen MR) is 526 cm³/mol. The zero-order valence-corrected chi connectivity index (χ0v) is 73.3. The van der Waals surface area contributed by atoms with Crippen LogP contribution in [0.5, 0.6) is 0 Å². The van der Waals surface area contributed by atoms with E-state index in [1.807, 2.05) is 12.1 Å². The fourth-order valence-corrected chi connectivity index (χ4v) is 23.7. The first kappa shape index (κ1) is 68.3. The number of para-hydroxylation sites is 6. The van der Waals surface area contributed by atoms with Crippen molar-refractivity contribution < 1.29 is 8.22 Å². The van der Waals surface area contributed by atoms with Gasteiger partial charge in [0.1, 0.15) is 0 Å². The number of nitrogens with zero attached hydrogens (tertiary/aromatic N) is 6. The zero-order chi connectivity index (χ0) is 88.1. The molecule has 4 aliphatic rings. The topological polar surface area (TPSA) is 22.8 Å². The molecule has 0 atom stereocenters. The van der Waals surface area contributed by atoms with Crippen molar-refractivity contribution >= 4 is 183 Å². The van der Waals surface area contributed by atoms with E-state index in [-0.39, 0.29) is 88.4 Å². The molecule has 0 N–H and O–H groups in total. The Bertz CT molecular complexity index is 7260. The van der Waals surface area contributed by atoms with E-state index in [1.54, 1.807) is 0 Å². The predicted octanol–water partition coefficient (Wildman–Crippen LogP) is 25.4. The smallest absolute Gasteiger partial charge is 0.0622 e. The minimum absolute atomic E-state index is 0.00735. The van der Waals surface area contributed by atoms with E-state index in [4.69, 9.17) is 0 Å². The Morgan fingerprint density at radius 2 is 0.545 bits per heavy atom. The van der Waals surface area contributed by atoms with Gasteiger partial charge in [-0.25, -0.2) is 0 Å². The monoisotopic (exact) mass is 1720 g/mol. The van der Waals surface area contributed by atoms with Gasteiger partial charge in [-0.2, -0.15) is 0 Å². The maximum atomic E-state index is 12.1. The fourth-order valence-electron chi connectivity index (χ4n) is 19.3. The van der Waals surface area contributed by atoms with Gasteiger partial charge in [0.25, 0.3) is 6.71 Å². The Kier molecular flexibility index (Phi) is 15.9. The summed E-state index contributed by atoms with van der Waals surface area (Å²) in [6, 6.07) is 120. The number of aromatic nitrogens is 2. The fraction of sp³-hybridized carbons (Fsp3) is 0.105. The van der Waals surface area contributed by atoms with Gasteiger partial charge in [0.15, 0.2) is 0 Å². The molecule has 19 aromatic rings. The third kappa shape index (κ3) is 12.2. The van der Waals surface area contributed by atoms with E-state index in [0.29, 0.717) is 39.1 Å². The van der Waals surface area contributed by atoms with Crippen LogP contribution in [0.25, 0.3) is 99.5 Å². The van der Waals surface area contributed by atoms with Crippen LogP contribution in [0.4, 0.5) is 68.2 Å². The zero-order valence-electron chi connectivity index (χ0n) is 75.9. The van der Waals surface area contributed by atoms with Crippen LogP contribution in [0.3, 0.4) is 0 Å². The average molecular weight is 1720 g/mol. The van der Waals surface area contributed by atoms with Crippen molar-refractivity contribution in [3.63, 3.8) is 0 Å². The molecule has 9 heteroatoms. The minimum Gasteiger partial charge on any atom is -0.0622 e.